The van der Waals surface area contributed by atoms with E-state index in [4.69, 9.17) is 10.1 Å². The number of aryl methyl sites for hydroxylation is 2. The summed E-state index contributed by atoms with van der Waals surface area (Å²) in [5.41, 5.74) is 6.10. The van der Waals surface area contributed by atoms with Crippen molar-refractivity contribution in [3.8, 4) is 10.6 Å². The number of pyridine rings is 1. The normalized spacial score (nSPS) is 12.5. The fourth-order valence-electron chi connectivity index (χ4n) is 2.88. The number of nitrogens with zero attached hydrogens (tertiary/aromatic N) is 4. The summed E-state index contributed by atoms with van der Waals surface area (Å²) in [4.78, 5) is 11.3. The van der Waals surface area contributed by atoms with Crippen LogP contribution in [0.15, 0.2) is 75.6 Å². The van der Waals surface area contributed by atoms with E-state index in [1.54, 1.807) is 28.9 Å². The Labute approximate surface area is 172 Å². The minimum absolute atomic E-state index is 0.839. The third-order valence-corrected chi connectivity index (χ3v) is 6.02. The number of aromatic nitrogens is 2. The maximum Gasteiger partial charge on any atom is 0.211 e. The Morgan fingerprint density at radius 1 is 1.04 bits per heavy atom. The van der Waals surface area contributed by atoms with E-state index >= 15 is 0 Å². The zero-order chi connectivity index (χ0) is 19.5. The van der Waals surface area contributed by atoms with Gasteiger partial charge >= 0.3 is 0 Å². The summed E-state index contributed by atoms with van der Waals surface area (Å²) in [7, 11) is 0. The van der Waals surface area contributed by atoms with E-state index < -0.39 is 0 Å². The van der Waals surface area contributed by atoms with Crippen LogP contribution in [0.4, 0.5) is 5.69 Å². The lowest BCUT2D eigenvalue weighted by Crippen LogP contribution is -2.14. The second kappa shape index (κ2) is 8.04. The van der Waals surface area contributed by atoms with E-state index in [9.17, 15) is 0 Å². The van der Waals surface area contributed by atoms with Gasteiger partial charge in [0, 0.05) is 11.6 Å². The highest BCUT2D eigenvalue weighted by Crippen LogP contribution is 2.26. The molecule has 0 fully saturated rings. The Bertz CT molecular complexity index is 1180. The number of rotatable bonds is 4. The lowest BCUT2D eigenvalue weighted by atomic mass is 10.1. The van der Waals surface area contributed by atoms with Crippen LogP contribution >= 0.6 is 22.7 Å². The average molecular weight is 405 g/mol. The van der Waals surface area contributed by atoms with Crippen molar-refractivity contribution in [1.29, 1.82) is 0 Å². The first kappa shape index (κ1) is 18.5. The fourth-order valence-corrected chi connectivity index (χ4v) is 4.52. The van der Waals surface area contributed by atoms with E-state index in [1.807, 2.05) is 29.8 Å². The van der Waals surface area contributed by atoms with E-state index in [2.05, 4.69) is 59.9 Å². The van der Waals surface area contributed by atoms with Crippen molar-refractivity contribution < 1.29 is 0 Å². The van der Waals surface area contributed by atoms with Crippen molar-refractivity contribution in [2.45, 2.75) is 20.8 Å². The molecule has 0 aliphatic heterocycles. The standard InChI is InChI=1S/C22H20N4S2/c1-15-9-10-18(16(2)13-15)24-22-26(20(14-28-22)21-8-6-12-27-21)25-17(3)19-7-4-5-11-23-19/h4-14H,1-3H3. The lowest BCUT2D eigenvalue weighted by molar-refractivity contribution is 0.848. The van der Waals surface area contributed by atoms with Gasteiger partial charge in [0.1, 0.15) is 0 Å². The highest BCUT2D eigenvalue weighted by Gasteiger charge is 2.10. The number of thiophene rings is 1. The molecule has 140 valence electrons. The number of hydrogen-bond donors (Lipinski definition) is 0. The molecule has 3 heterocycles. The molecule has 0 unspecified atom stereocenters. The molecular formula is C22H20N4S2. The third kappa shape index (κ3) is 3.88. The molecule has 0 saturated carbocycles. The Balaban J connectivity index is 1.89. The molecule has 28 heavy (non-hydrogen) atoms. The minimum atomic E-state index is 0.839. The topological polar surface area (TPSA) is 42.5 Å². The minimum Gasteiger partial charge on any atom is -0.255 e. The molecule has 3 aromatic heterocycles. The van der Waals surface area contributed by atoms with Crippen LogP contribution in [0.1, 0.15) is 23.7 Å². The van der Waals surface area contributed by atoms with Gasteiger partial charge < -0.3 is 0 Å². The largest absolute Gasteiger partial charge is 0.255 e. The van der Waals surface area contributed by atoms with E-state index in [-0.39, 0.29) is 0 Å². The van der Waals surface area contributed by atoms with Crippen molar-refractivity contribution in [1.82, 2.24) is 9.66 Å². The molecule has 0 aliphatic carbocycles. The van der Waals surface area contributed by atoms with Crippen LogP contribution in [0.3, 0.4) is 0 Å². The summed E-state index contributed by atoms with van der Waals surface area (Å²) in [6, 6.07) is 16.3. The monoisotopic (exact) mass is 404 g/mol. The van der Waals surface area contributed by atoms with Crippen LogP contribution in [0.25, 0.3) is 10.6 Å². The first-order valence-electron chi connectivity index (χ1n) is 8.95. The van der Waals surface area contributed by atoms with Crippen LogP contribution in [0.2, 0.25) is 0 Å². The predicted molar refractivity (Wildman–Crippen MR) is 119 cm³/mol. The summed E-state index contributed by atoms with van der Waals surface area (Å²) in [5, 5.41) is 9.07. The summed E-state index contributed by atoms with van der Waals surface area (Å²) < 4.78 is 1.93. The maximum atomic E-state index is 4.92. The fraction of sp³-hybridized carbons (Fsp3) is 0.136. The van der Waals surface area contributed by atoms with Gasteiger partial charge in [-0.2, -0.15) is 5.10 Å². The molecule has 0 aliphatic rings. The van der Waals surface area contributed by atoms with Crippen LogP contribution in [-0.2, 0) is 0 Å². The maximum absolute atomic E-state index is 4.92. The molecule has 1 aromatic carbocycles. The Kier molecular flexibility index (Phi) is 5.32. The van der Waals surface area contributed by atoms with E-state index in [0.717, 1.165) is 38.0 Å². The van der Waals surface area contributed by atoms with Crippen LogP contribution < -0.4 is 4.80 Å². The summed E-state index contributed by atoms with van der Waals surface area (Å²) in [6.07, 6.45) is 1.79. The first-order valence-corrected chi connectivity index (χ1v) is 10.7. The van der Waals surface area contributed by atoms with Gasteiger partial charge in [-0.15, -0.1) is 22.7 Å². The van der Waals surface area contributed by atoms with Crippen LogP contribution in [0, 0.1) is 13.8 Å². The highest BCUT2D eigenvalue weighted by molar-refractivity contribution is 7.14. The summed E-state index contributed by atoms with van der Waals surface area (Å²) in [5.74, 6) is 0. The van der Waals surface area contributed by atoms with E-state index in [0.29, 0.717) is 0 Å². The smallest absolute Gasteiger partial charge is 0.211 e. The molecular weight excluding hydrogens is 384 g/mol. The van der Waals surface area contributed by atoms with Crippen molar-refractivity contribution >= 4 is 34.1 Å². The van der Waals surface area contributed by atoms with E-state index in [1.165, 1.54) is 5.56 Å². The third-order valence-electron chi connectivity index (χ3n) is 4.31. The molecule has 4 nitrogen and oxygen atoms in total. The number of thiazole rings is 1. The van der Waals surface area contributed by atoms with Crippen molar-refractivity contribution in [3.63, 3.8) is 0 Å². The van der Waals surface area contributed by atoms with Crippen molar-refractivity contribution in [2.24, 2.45) is 10.1 Å². The average Bonchev–Trinajstić information content (AvgIpc) is 3.35. The second-order valence-corrected chi connectivity index (χ2v) is 8.28. The van der Waals surface area contributed by atoms with Gasteiger partial charge in [-0.1, -0.05) is 29.8 Å². The Morgan fingerprint density at radius 2 is 1.93 bits per heavy atom. The van der Waals surface area contributed by atoms with Gasteiger partial charge in [-0.05, 0) is 56.0 Å². The molecule has 0 bridgehead atoms. The SMILES string of the molecule is CC(=Nn1c(-c2cccs2)csc1=Nc1ccc(C)cc1C)c1ccccn1. The van der Waals surface area contributed by atoms with Gasteiger partial charge in [-0.3, -0.25) is 4.98 Å². The first-order chi connectivity index (χ1) is 13.6. The Hall–Kier alpha value is -2.83. The zero-order valence-corrected chi connectivity index (χ0v) is 17.6. The van der Waals surface area contributed by atoms with Crippen molar-refractivity contribution in [2.75, 3.05) is 0 Å². The number of benzene rings is 1. The summed E-state index contributed by atoms with van der Waals surface area (Å²) >= 11 is 3.29. The lowest BCUT2D eigenvalue weighted by Gasteiger charge is -2.05. The van der Waals surface area contributed by atoms with Crippen molar-refractivity contribution in [3.05, 3.63) is 87.1 Å². The Morgan fingerprint density at radius 3 is 2.64 bits per heavy atom. The summed E-state index contributed by atoms with van der Waals surface area (Å²) in [6.45, 7) is 6.16. The quantitative estimate of drug-likeness (QED) is 0.397. The molecule has 0 N–H and O–H groups in total. The number of hydrogen-bond acceptors (Lipinski definition) is 5. The zero-order valence-electron chi connectivity index (χ0n) is 16.0. The molecule has 6 heteroatoms. The van der Waals surface area contributed by atoms with Gasteiger partial charge in [0.05, 0.1) is 27.7 Å². The molecule has 0 radical (unpaired) electrons. The molecule has 4 rings (SSSR count). The van der Waals surface area contributed by atoms with Gasteiger partial charge in [-0.25, -0.2) is 9.67 Å². The van der Waals surface area contributed by atoms with Crippen LogP contribution in [-0.4, -0.2) is 15.4 Å². The predicted octanol–water partition coefficient (Wildman–Crippen LogP) is 5.79. The highest BCUT2D eigenvalue weighted by atomic mass is 32.1. The van der Waals surface area contributed by atoms with Crippen LogP contribution in [0.5, 0.6) is 0 Å². The molecule has 0 saturated heterocycles. The molecule has 0 spiro atoms. The molecule has 0 amide bonds. The molecule has 4 aromatic rings. The van der Waals surface area contributed by atoms with Gasteiger partial charge in [0.25, 0.3) is 0 Å². The molecule has 0 atom stereocenters. The van der Waals surface area contributed by atoms with Gasteiger partial charge in [0.2, 0.25) is 4.80 Å². The second-order valence-electron chi connectivity index (χ2n) is 6.49. The van der Waals surface area contributed by atoms with Gasteiger partial charge in [0.15, 0.2) is 0 Å².